The number of halogens is 2. The molecule has 2 aromatic heterocycles. The summed E-state index contributed by atoms with van der Waals surface area (Å²) >= 11 is 6.04. The van der Waals surface area contributed by atoms with Crippen LogP contribution >= 0.6 is 11.6 Å². The van der Waals surface area contributed by atoms with Crippen LogP contribution in [0.3, 0.4) is 0 Å². The van der Waals surface area contributed by atoms with E-state index in [-0.39, 0.29) is 28.9 Å². The van der Waals surface area contributed by atoms with Crippen LogP contribution in [0.1, 0.15) is 43.6 Å². The largest absolute Gasteiger partial charge is 0.392 e. The van der Waals surface area contributed by atoms with Crippen molar-refractivity contribution in [2.45, 2.75) is 39.2 Å². The molecule has 0 saturated heterocycles. The van der Waals surface area contributed by atoms with Gasteiger partial charge in [-0.2, -0.15) is 0 Å². The van der Waals surface area contributed by atoms with Crippen LogP contribution in [-0.4, -0.2) is 38.6 Å². The van der Waals surface area contributed by atoms with Crippen LogP contribution in [0.5, 0.6) is 0 Å². The fourth-order valence-corrected chi connectivity index (χ4v) is 3.14. The van der Waals surface area contributed by atoms with Gasteiger partial charge in [0.25, 0.3) is 5.91 Å². The highest BCUT2D eigenvalue weighted by Gasteiger charge is 2.23. The minimum atomic E-state index is -0.684. The molecule has 3 N–H and O–H groups in total. The summed E-state index contributed by atoms with van der Waals surface area (Å²) in [5, 5.41) is 15.7. The summed E-state index contributed by atoms with van der Waals surface area (Å²) in [5.74, 6) is -0.299. The van der Waals surface area contributed by atoms with E-state index >= 15 is 0 Å². The summed E-state index contributed by atoms with van der Waals surface area (Å²) in [5.41, 5.74) is 1.35. The van der Waals surface area contributed by atoms with E-state index in [1.54, 1.807) is 25.4 Å². The average Bonchev–Trinajstić information content (AvgIpc) is 2.73. The smallest absolute Gasteiger partial charge is 0.255 e. The zero-order valence-corrected chi connectivity index (χ0v) is 19.0. The summed E-state index contributed by atoms with van der Waals surface area (Å²) in [4.78, 5) is 25.6. The molecule has 1 atom stereocenters. The number of nitrogens with one attached hydrogen (secondary N) is 2. The third-order valence-electron chi connectivity index (χ3n) is 4.64. The van der Waals surface area contributed by atoms with Gasteiger partial charge in [0.05, 0.1) is 22.9 Å². The van der Waals surface area contributed by atoms with E-state index in [1.165, 1.54) is 24.4 Å². The van der Waals surface area contributed by atoms with E-state index in [1.807, 2.05) is 20.8 Å². The second-order valence-corrected chi connectivity index (χ2v) is 8.87. The number of amides is 1. The minimum absolute atomic E-state index is 0.103. The van der Waals surface area contributed by atoms with Crippen LogP contribution in [0, 0.1) is 5.82 Å². The molecule has 0 radical (unpaired) electrons. The number of hydrogen-bond acceptors (Lipinski definition) is 6. The maximum atomic E-state index is 14.4. The standard InChI is InChI=1S/C23H25ClFN5O2/c1-13(31)10-28-22(32)16-11-26-8-7-19(16)29-21-17(23(2,3)4)12-27-20(30-21)15-9-14(24)5-6-18(15)25/h5-9,11-13,31H,10H2,1-4H3,(H,28,32)(H,26,27,29,30)/t13-/m0/s1. The van der Waals surface area contributed by atoms with E-state index in [0.29, 0.717) is 16.5 Å². The number of rotatable bonds is 6. The van der Waals surface area contributed by atoms with Crippen molar-refractivity contribution in [3.05, 3.63) is 64.8 Å². The maximum Gasteiger partial charge on any atom is 0.255 e. The molecule has 0 unspecified atom stereocenters. The number of carbonyl (C=O) groups is 1. The molecular weight excluding hydrogens is 433 g/mol. The number of hydrogen-bond donors (Lipinski definition) is 3. The first kappa shape index (κ1) is 23.6. The van der Waals surface area contributed by atoms with Gasteiger partial charge in [-0.25, -0.2) is 14.4 Å². The Morgan fingerprint density at radius 1 is 1.25 bits per heavy atom. The van der Waals surface area contributed by atoms with Crippen molar-refractivity contribution in [2.75, 3.05) is 11.9 Å². The second kappa shape index (κ2) is 9.58. The van der Waals surface area contributed by atoms with Crippen LogP contribution in [-0.2, 0) is 5.41 Å². The van der Waals surface area contributed by atoms with Crippen molar-refractivity contribution in [1.29, 1.82) is 0 Å². The topological polar surface area (TPSA) is 100 Å². The predicted molar refractivity (Wildman–Crippen MR) is 123 cm³/mol. The van der Waals surface area contributed by atoms with Gasteiger partial charge in [0.15, 0.2) is 5.82 Å². The van der Waals surface area contributed by atoms with Crippen LogP contribution in [0.25, 0.3) is 11.4 Å². The van der Waals surface area contributed by atoms with Crippen LogP contribution in [0.4, 0.5) is 15.9 Å². The van der Waals surface area contributed by atoms with Crippen molar-refractivity contribution in [3.8, 4) is 11.4 Å². The van der Waals surface area contributed by atoms with E-state index in [2.05, 4.69) is 25.6 Å². The predicted octanol–water partition coefficient (Wildman–Crippen LogP) is 4.48. The molecule has 0 aliphatic rings. The van der Waals surface area contributed by atoms with Crippen molar-refractivity contribution in [1.82, 2.24) is 20.3 Å². The normalized spacial score (nSPS) is 12.3. The summed E-state index contributed by atoms with van der Waals surface area (Å²) in [6, 6.07) is 5.83. The SMILES string of the molecule is C[C@H](O)CNC(=O)c1cnccc1Nc1nc(-c2cc(Cl)ccc2F)ncc1C(C)(C)C. The molecule has 3 aromatic rings. The fourth-order valence-electron chi connectivity index (χ4n) is 2.97. The molecule has 0 saturated carbocycles. The molecule has 1 amide bonds. The number of aromatic nitrogens is 3. The Balaban J connectivity index is 2.06. The third kappa shape index (κ3) is 5.57. The van der Waals surface area contributed by atoms with Crippen LogP contribution in [0.15, 0.2) is 42.9 Å². The average molecular weight is 458 g/mol. The Morgan fingerprint density at radius 3 is 2.69 bits per heavy atom. The molecule has 0 bridgehead atoms. The van der Waals surface area contributed by atoms with Gasteiger partial charge in [0, 0.05) is 35.7 Å². The van der Waals surface area contributed by atoms with E-state index in [9.17, 15) is 14.3 Å². The molecule has 7 nitrogen and oxygen atoms in total. The molecular formula is C23H25ClFN5O2. The molecule has 0 fully saturated rings. The Labute approximate surface area is 191 Å². The molecule has 1 aromatic carbocycles. The maximum absolute atomic E-state index is 14.4. The fraction of sp³-hybridized carbons (Fsp3) is 0.304. The highest BCUT2D eigenvalue weighted by atomic mass is 35.5. The number of carbonyl (C=O) groups excluding carboxylic acids is 1. The second-order valence-electron chi connectivity index (χ2n) is 8.44. The van der Waals surface area contributed by atoms with Crippen molar-refractivity contribution >= 4 is 29.0 Å². The van der Waals surface area contributed by atoms with Gasteiger partial charge in [-0.05, 0) is 36.6 Å². The number of aliphatic hydroxyl groups excluding tert-OH is 1. The van der Waals surface area contributed by atoms with Gasteiger partial charge < -0.3 is 15.7 Å². The van der Waals surface area contributed by atoms with Gasteiger partial charge >= 0.3 is 0 Å². The van der Waals surface area contributed by atoms with Crippen LogP contribution < -0.4 is 10.6 Å². The lowest BCUT2D eigenvalue weighted by Gasteiger charge is -2.23. The molecule has 2 heterocycles. The van der Waals surface area contributed by atoms with Crippen molar-refractivity contribution < 1.29 is 14.3 Å². The molecule has 3 rings (SSSR count). The quantitative estimate of drug-likeness (QED) is 0.504. The first-order chi connectivity index (χ1) is 15.1. The molecule has 0 aliphatic carbocycles. The molecule has 9 heteroatoms. The van der Waals surface area contributed by atoms with E-state index < -0.39 is 17.8 Å². The monoisotopic (exact) mass is 457 g/mol. The molecule has 32 heavy (non-hydrogen) atoms. The van der Waals surface area contributed by atoms with E-state index in [4.69, 9.17) is 11.6 Å². The third-order valence-corrected chi connectivity index (χ3v) is 4.88. The summed E-state index contributed by atoms with van der Waals surface area (Å²) in [7, 11) is 0. The Kier molecular flexibility index (Phi) is 7.06. The number of anilines is 2. The molecule has 168 valence electrons. The molecule has 0 spiro atoms. The van der Waals surface area contributed by atoms with Gasteiger partial charge in [-0.15, -0.1) is 0 Å². The Morgan fingerprint density at radius 2 is 2.00 bits per heavy atom. The summed E-state index contributed by atoms with van der Waals surface area (Å²) in [6.07, 6.45) is 3.93. The van der Waals surface area contributed by atoms with Crippen molar-refractivity contribution in [3.63, 3.8) is 0 Å². The van der Waals surface area contributed by atoms with Crippen LogP contribution in [0.2, 0.25) is 5.02 Å². The van der Waals surface area contributed by atoms with Crippen molar-refractivity contribution in [2.24, 2.45) is 0 Å². The lowest BCUT2D eigenvalue weighted by molar-refractivity contribution is 0.0924. The molecule has 0 aliphatic heterocycles. The lowest BCUT2D eigenvalue weighted by Crippen LogP contribution is -2.31. The highest BCUT2D eigenvalue weighted by Crippen LogP contribution is 2.33. The number of pyridine rings is 1. The number of nitrogens with zero attached hydrogens (tertiary/aromatic N) is 3. The first-order valence-electron chi connectivity index (χ1n) is 10.1. The van der Waals surface area contributed by atoms with E-state index in [0.717, 1.165) is 5.56 Å². The van der Waals surface area contributed by atoms with Gasteiger partial charge in [-0.3, -0.25) is 9.78 Å². The Hall–Kier alpha value is -3.10. The zero-order chi connectivity index (χ0) is 23.5. The Bertz CT molecular complexity index is 1130. The number of aliphatic hydroxyl groups is 1. The van der Waals surface area contributed by atoms with Gasteiger partial charge in [0.1, 0.15) is 11.6 Å². The highest BCUT2D eigenvalue weighted by molar-refractivity contribution is 6.30. The first-order valence-corrected chi connectivity index (χ1v) is 10.4. The summed E-state index contributed by atoms with van der Waals surface area (Å²) < 4.78 is 14.4. The lowest BCUT2D eigenvalue weighted by atomic mass is 9.88. The minimum Gasteiger partial charge on any atom is -0.392 e. The number of benzene rings is 1. The van der Waals surface area contributed by atoms with Gasteiger partial charge in [-0.1, -0.05) is 32.4 Å². The zero-order valence-electron chi connectivity index (χ0n) is 18.3. The van der Waals surface area contributed by atoms with Gasteiger partial charge in [0.2, 0.25) is 0 Å². The summed E-state index contributed by atoms with van der Waals surface area (Å²) in [6.45, 7) is 7.68.